The molecule has 0 spiro atoms. The molecule has 1 saturated heterocycles. The highest BCUT2D eigenvalue weighted by Crippen LogP contribution is 2.25. The number of aromatic nitrogens is 2. The van der Waals surface area contributed by atoms with Crippen LogP contribution in [0.15, 0.2) is 4.52 Å². The summed E-state index contributed by atoms with van der Waals surface area (Å²) in [4.78, 5) is 18.1. The van der Waals surface area contributed by atoms with Gasteiger partial charge in [0.2, 0.25) is 11.8 Å². The molecule has 0 aromatic carbocycles. The van der Waals surface area contributed by atoms with Gasteiger partial charge in [-0.25, -0.2) is 0 Å². The molecule has 2 heterocycles. The van der Waals surface area contributed by atoms with Crippen LogP contribution in [-0.2, 0) is 4.79 Å². The topological polar surface area (TPSA) is 59.2 Å². The van der Waals surface area contributed by atoms with E-state index >= 15 is 0 Å². The van der Waals surface area contributed by atoms with E-state index in [1.54, 1.807) is 6.92 Å². The third-order valence-corrected chi connectivity index (χ3v) is 3.14. The van der Waals surface area contributed by atoms with Gasteiger partial charge in [-0.05, 0) is 12.8 Å². The zero-order valence-electron chi connectivity index (χ0n) is 10.6. The summed E-state index contributed by atoms with van der Waals surface area (Å²) in [7, 11) is 0. The van der Waals surface area contributed by atoms with Gasteiger partial charge in [0, 0.05) is 31.8 Å². The van der Waals surface area contributed by atoms with Gasteiger partial charge in [0.1, 0.15) is 0 Å². The molecule has 1 aromatic heterocycles. The zero-order valence-corrected chi connectivity index (χ0v) is 10.6. The number of rotatable bonds is 2. The summed E-state index contributed by atoms with van der Waals surface area (Å²) in [5.41, 5.74) is 0. The molecular formula is C12H19N3O2. The van der Waals surface area contributed by atoms with Crippen molar-refractivity contribution < 1.29 is 9.32 Å². The minimum Gasteiger partial charge on any atom is -0.342 e. The van der Waals surface area contributed by atoms with Crippen molar-refractivity contribution in [3.63, 3.8) is 0 Å². The third-order valence-electron chi connectivity index (χ3n) is 3.14. The van der Waals surface area contributed by atoms with Crippen LogP contribution in [0.1, 0.15) is 44.3 Å². The zero-order chi connectivity index (χ0) is 12.4. The van der Waals surface area contributed by atoms with Crippen LogP contribution in [0.5, 0.6) is 0 Å². The van der Waals surface area contributed by atoms with E-state index in [-0.39, 0.29) is 17.7 Å². The maximum Gasteiger partial charge on any atom is 0.225 e. The van der Waals surface area contributed by atoms with Gasteiger partial charge < -0.3 is 9.42 Å². The number of carbonyl (C=O) groups excluding carboxylic acids is 1. The first-order chi connectivity index (χ1) is 8.08. The Hall–Kier alpha value is -1.39. The molecule has 17 heavy (non-hydrogen) atoms. The Morgan fingerprint density at radius 1 is 1.53 bits per heavy atom. The van der Waals surface area contributed by atoms with Crippen LogP contribution in [0.3, 0.4) is 0 Å². The van der Waals surface area contributed by atoms with Gasteiger partial charge in [-0.2, -0.15) is 4.98 Å². The summed E-state index contributed by atoms with van der Waals surface area (Å²) in [5, 5.41) is 3.95. The van der Waals surface area contributed by atoms with Crippen molar-refractivity contribution >= 4 is 5.91 Å². The maximum absolute atomic E-state index is 11.9. The molecule has 94 valence electrons. The van der Waals surface area contributed by atoms with Gasteiger partial charge in [0.25, 0.3) is 0 Å². The number of carbonyl (C=O) groups is 1. The lowest BCUT2D eigenvalue weighted by Crippen LogP contribution is -2.41. The summed E-state index contributed by atoms with van der Waals surface area (Å²) in [6.45, 7) is 7.23. The Bertz CT molecular complexity index is 400. The van der Waals surface area contributed by atoms with Crippen molar-refractivity contribution in [1.82, 2.24) is 15.0 Å². The summed E-state index contributed by atoms with van der Waals surface area (Å²) < 4.78 is 5.00. The SMILES string of the molecule is Cc1nc([C@@H]2CCCN(C(=O)C(C)C)C2)no1. The second kappa shape index (κ2) is 4.85. The smallest absolute Gasteiger partial charge is 0.225 e. The molecule has 0 saturated carbocycles. The van der Waals surface area contributed by atoms with E-state index in [1.807, 2.05) is 18.7 Å². The molecule has 5 nitrogen and oxygen atoms in total. The van der Waals surface area contributed by atoms with E-state index in [4.69, 9.17) is 4.52 Å². The third kappa shape index (κ3) is 2.65. The van der Waals surface area contributed by atoms with Gasteiger partial charge in [-0.3, -0.25) is 4.79 Å². The predicted octanol–water partition coefficient (Wildman–Crippen LogP) is 1.74. The minimum absolute atomic E-state index is 0.0563. The van der Waals surface area contributed by atoms with Crippen molar-refractivity contribution in [2.45, 2.75) is 39.5 Å². The first kappa shape index (κ1) is 12.1. The number of hydrogen-bond donors (Lipinski definition) is 0. The van der Waals surface area contributed by atoms with Crippen LogP contribution in [-0.4, -0.2) is 34.0 Å². The van der Waals surface area contributed by atoms with Crippen LogP contribution < -0.4 is 0 Å². The fourth-order valence-electron chi connectivity index (χ4n) is 2.23. The molecule has 5 heteroatoms. The highest BCUT2D eigenvalue weighted by Gasteiger charge is 2.28. The molecule has 0 aliphatic carbocycles. The molecule has 0 N–H and O–H groups in total. The van der Waals surface area contributed by atoms with Crippen LogP contribution in [0.4, 0.5) is 0 Å². The molecule has 1 fully saturated rings. The number of nitrogens with zero attached hydrogens (tertiary/aromatic N) is 3. The molecule has 0 unspecified atom stereocenters. The van der Waals surface area contributed by atoms with Crippen molar-refractivity contribution in [3.05, 3.63) is 11.7 Å². The summed E-state index contributed by atoms with van der Waals surface area (Å²) in [6.07, 6.45) is 2.04. The van der Waals surface area contributed by atoms with Crippen LogP contribution in [0, 0.1) is 12.8 Å². The van der Waals surface area contributed by atoms with Gasteiger partial charge in [-0.1, -0.05) is 19.0 Å². The first-order valence-corrected chi connectivity index (χ1v) is 6.17. The number of aryl methyl sites for hydroxylation is 1. The second-order valence-corrected chi connectivity index (χ2v) is 4.95. The van der Waals surface area contributed by atoms with Gasteiger partial charge in [-0.15, -0.1) is 0 Å². The Kier molecular flexibility index (Phi) is 3.45. The molecule has 0 radical (unpaired) electrons. The maximum atomic E-state index is 11.9. The van der Waals surface area contributed by atoms with Crippen molar-refractivity contribution in [2.75, 3.05) is 13.1 Å². The molecule has 1 atom stereocenters. The number of hydrogen-bond acceptors (Lipinski definition) is 4. The summed E-state index contributed by atoms with van der Waals surface area (Å²) in [5.74, 6) is 1.83. The average Bonchev–Trinajstić information content (AvgIpc) is 2.75. The quantitative estimate of drug-likeness (QED) is 0.786. The predicted molar refractivity (Wildman–Crippen MR) is 62.4 cm³/mol. The standard InChI is InChI=1S/C12H19N3O2/c1-8(2)12(16)15-6-4-5-10(7-15)11-13-9(3)17-14-11/h8,10H,4-7H2,1-3H3/t10-/m1/s1. The Labute approximate surface area is 101 Å². The summed E-state index contributed by atoms with van der Waals surface area (Å²) >= 11 is 0. The van der Waals surface area contributed by atoms with E-state index < -0.39 is 0 Å². The lowest BCUT2D eigenvalue weighted by Gasteiger charge is -2.32. The monoisotopic (exact) mass is 237 g/mol. The number of piperidine rings is 1. The second-order valence-electron chi connectivity index (χ2n) is 4.95. The van der Waals surface area contributed by atoms with E-state index in [0.717, 1.165) is 31.8 Å². The first-order valence-electron chi connectivity index (χ1n) is 6.17. The Balaban J connectivity index is 2.04. The minimum atomic E-state index is 0.0563. The normalized spacial score (nSPS) is 20.9. The van der Waals surface area contributed by atoms with Gasteiger partial charge >= 0.3 is 0 Å². The Morgan fingerprint density at radius 2 is 2.29 bits per heavy atom. The average molecular weight is 237 g/mol. The van der Waals surface area contributed by atoms with E-state index in [0.29, 0.717) is 5.89 Å². The molecular weight excluding hydrogens is 218 g/mol. The van der Waals surface area contributed by atoms with Crippen LogP contribution in [0.2, 0.25) is 0 Å². The fraction of sp³-hybridized carbons (Fsp3) is 0.750. The lowest BCUT2D eigenvalue weighted by molar-refractivity contribution is -0.135. The number of amides is 1. The van der Waals surface area contributed by atoms with Crippen LogP contribution >= 0.6 is 0 Å². The largest absolute Gasteiger partial charge is 0.342 e. The molecule has 1 aliphatic heterocycles. The van der Waals surface area contributed by atoms with E-state index in [1.165, 1.54) is 0 Å². The van der Waals surface area contributed by atoms with Crippen molar-refractivity contribution in [2.24, 2.45) is 5.92 Å². The molecule has 2 rings (SSSR count). The van der Waals surface area contributed by atoms with Crippen molar-refractivity contribution in [3.8, 4) is 0 Å². The lowest BCUT2D eigenvalue weighted by atomic mass is 9.96. The van der Waals surface area contributed by atoms with Gasteiger partial charge in [0.15, 0.2) is 5.82 Å². The van der Waals surface area contributed by atoms with Crippen molar-refractivity contribution in [1.29, 1.82) is 0 Å². The van der Waals surface area contributed by atoms with Gasteiger partial charge in [0.05, 0.1) is 0 Å². The fourth-order valence-corrected chi connectivity index (χ4v) is 2.23. The Morgan fingerprint density at radius 3 is 2.88 bits per heavy atom. The molecule has 1 aliphatic rings. The molecule has 1 aromatic rings. The van der Waals surface area contributed by atoms with E-state index in [2.05, 4.69) is 10.1 Å². The highest BCUT2D eigenvalue weighted by molar-refractivity contribution is 5.78. The van der Waals surface area contributed by atoms with Crippen LogP contribution in [0.25, 0.3) is 0 Å². The molecule has 1 amide bonds. The summed E-state index contributed by atoms with van der Waals surface area (Å²) in [6, 6.07) is 0. The highest BCUT2D eigenvalue weighted by atomic mass is 16.5. The van der Waals surface area contributed by atoms with E-state index in [9.17, 15) is 4.79 Å². The number of likely N-dealkylation sites (tertiary alicyclic amines) is 1. The molecule has 0 bridgehead atoms.